The summed E-state index contributed by atoms with van der Waals surface area (Å²) >= 11 is 0. The number of para-hydroxylation sites is 1. The van der Waals surface area contributed by atoms with E-state index in [4.69, 9.17) is 0 Å². The van der Waals surface area contributed by atoms with E-state index in [2.05, 4.69) is 36.2 Å². The van der Waals surface area contributed by atoms with Crippen molar-refractivity contribution < 1.29 is 9.59 Å². The minimum absolute atomic E-state index is 0.00656. The summed E-state index contributed by atoms with van der Waals surface area (Å²) in [5.74, 6) is 0.671. The normalized spacial score (nSPS) is 14.8. The van der Waals surface area contributed by atoms with Crippen molar-refractivity contribution in [3.63, 3.8) is 0 Å². The molecule has 0 saturated carbocycles. The van der Waals surface area contributed by atoms with E-state index in [-0.39, 0.29) is 11.8 Å². The zero-order valence-corrected chi connectivity index (χ0v) is 18.6. The minimum Gasteiger partial charge on any atom is -0.336 e. The summed E-state index contributed by atoms with van der Waals surface area (Å²) < 4.78 is 0. The van der Waals surface area contributed by atoms with Crippen molar-refractivity contribution in [1.29, 1.82) is 0 Å². The van der Waals surface area contributed by atoms with E-state index in [0.29, 0.717) is 38.6 Å². The topological polar surface area (TPSA) is 52.7 Å². The fraction of sp³-hybridized carbons (Fsp3) is 0.440. The van der Waals surface area contributed by atoms with Crippen LogP contribution in [0.2, 0.25) is 0 Å². The summed E-state index contributed by atoms with van der Waals surface area (Å²) in [6.45, 7) is 11.4. The van der Waals surface area contributed by atoms with Gasteiger partial charge in [0.2, 0.25) is 5.91 Å². The predicted octanol–water partition coefficient (Wildman–Crippen LogP) is 3.90. The fourth-order valence-corrected chi connectivity index (χ4v) is 3.94. The number of carbonyl (C=O) groups excluding carboxylic acids is 2. The molecule has 0 atom stereocenters. The molecule has 1 N–H and O–H groups in total. The smallest absolute Gasteiger partial charge is 0.253 e. The van der Waals surface area contributed by atoms with Gasteiger partial charge >= 0.3 is 0 Å². The van der Waals surface area contributed by atoms with Crippen LogP contribution in [0.15, 0.2) is 42.5 Å². The molecule has 5 heteroatoms. The van der Waals surface area contributed by atoms with Crippen molar-refractivity contribution in [3.05, 3.63) is 64.7 Å². The second kappa shape index (κ2) is 9.90. The molecule has 1 aliphatic rings. The molecule has 0 aliphatic carbocycles. The standard InChI is InChI=1S/C25H33N3O2/c1-18(2)16-21-8-10-22(11-9-21)25(30)28-14-12-27(13-15-28)17-23(29)26-24-19(3)6-5-7-20(24)4/h5-11,18H,12-17H2,1-4H3,(H,26,29). The Kier molecular flexibility index (Phi) is 7.27. The summed E-state index contributed by atoms with van der Waals surface area (Å²) in [5.41, 5.74) is 5.04. The van der Waals surface area contributed by atoms with Gasteiger partial charge < -0.3 is 10.2 Å². The molecule has 2 amide bonds. The van der Waals surface area contributed by atoms with Crippen LogP contribution in [0.25, 0.3) is 0 Å². The molecule has 5 nitrogen and oxygen atoms in total. The van der Waals surface area contributed by atoms with Crippen LogP contribution in [0.5, 0.6) is 0 Å². The first-order chi connectivity index (χ1) is 14.3. The van der Waals surface area contributed by atoms with E-state index in [0.717, 1.165) is 28.8 Å². The van der Waals surface area contributed by atoms with E-state index in [9.17, 15) is 9.59 Å². The van der Waals surface area contributed by atoms with Gasteiger partial charge in [-0.25, -0.2) is 0 Å². The van der Waals surface area contributed by atoms with E-state index >= 15 is 0 Å². The lowest BCUT2D eigenvalue weighted by Gasteiger charge is -2.34. The van der Waals surface area contributed by atoms with Gasteiger partial charge in [0, 0.05) is 37.4 Å². The van der Waals surface area contributed by atoms with Crippen LogP contribution in [-0.2, 0) is 11.2 Å². The molecule has 0 spiro atoms. The third kappa shape index (κ3) is 5.70. The van der Waals surface area contributed by atoms with Gasteiger partial charge in [0.1, 0.15) is 0 Å². The fourth-order valence-electron chi connectivity index (χ4n) is 3.94. The molecule has 30 heavy (non-hydrogen) atoms. The SMILES string of the molecule is Cc1cccc(C)c1NC(=O)CN1CCN(C(=O)c2ccc(CC(C)C)cc2)CC1. The number of hydrogen-bond acceptors (Lipinski definition) is 3. The van der Waals surface area contributed by atoms with Gasteiger partial charge in [0.05, 0.1) is 6.54 Å². The highest BCUT2D eigenvalue weighted by molar-refractivity contribution is 5.95. The summed E-state index contributed by atoms with van der Waals surface area (Å²) in [6.07, 6.45) is 1.03. The molecule has 0 unspecified atom stereocenters. The molecule has 0 radical (unpaired) electrons. The van der Waals surface area contributed by atoms with Crippen molar-refractivity contribution in [2.45, 2.75) is 34.1 Å². The third-order valence-electron chi connectivity index (χ3n) is 5.62. The minimum atomic E-state index is -0.00656. The molecule has 2 aromatic carbocycles. The third-order valence-corrected chi connectivity index (χ3v) is 5.62. The van der Waals surface area contributed by atoms with E-state index < -0.39 is 0 Å². The molecule has 0 bridgehead atoms. The van der Waals surface area contributed by atoms with E-state index in [1.807, 2.05) is 49.1 Å². The van der Waals surface area contributed by atoms with Gasteiger partial charge in [-0.1, -0.05) is 44.2 Å². The van der Waals surface area contributed by atoms with Crippen LogP contribution in [0.3, 0.4) is 0 Å². The number of aryl methyl sites for hydroxylation is 2. The molecular weight excluding hydrogens is 374 g/mol. The Labute approximate surface area is 180 Å². The van der Waals surface area contributed by atoms with E-state index in [1.165, 1.54) is 5.56 Å². The number of amides is 2. The number of rotatable bonds is 6. The zero-order valence-electron chi connectivity index (χ0n) is 18.6. The summed E-state index contributed by atoms with van der Waals surface area (Å²) in [6, 6.07) is 14.0. The number of nitrogens with one attached hydrogen (secondary N) is 1. The lowest BCUT2D eigenvalue weighted by Crippen LogP contribution is -2.50. The first-order valence-corrected chi connectivity index (χ1v) is 10.8. The highest BCUT2D eigenvalue weighted by Gasteiger charge is 2.23. The quantitative estimate of drug-likeness (QED) is 0.790. The van der Waals surface area contributed by atoms with Crippen LogP contribution in [-0.4, -0.2) is 54.3 Å². The van der Waals surface area contributed by atoms with Gasteiger partial charge in [-0.2, -0.15) is 0 Å². The number of carbonyl (C=O) groups is 2. The Morgan fingerprint density at radius 1 is 0.933 bits per heavy atom. The maximum absolute atomic E-state index is 12.8. The Morgan fingerprint density at radius 3 is 2.10 bits per heavy atom. The van der Waals surface area contributed by atoms with Crippen molar-refractivity contribution in [2.75, 3.05) is 38.0 Å². The van der Waals surface area contributed by atoms with Crippen molar-refractivity contribution in [3.8, 4) is 0 Å². The molecule has 1 aliphatic heterocycles. The second-order valence-electron chi connectivity index (χ2n) is 8.68. The highest BCUT2D eigenvalue weighted by Crippen LogP contribution is 2.19. The van der Waals surface area contributed by atoms with Crippen LogP contribution in [0, 0.1) is 19.8 Å². The van der Waals surface area contributed by atoms with Crippen molar-refractivity contribution >= 4 is 17.5 Å². The first-order valence-electron chi connectivity index (χ1n) is 10.8. The largest absolute Gasteiger partial charge is 0.336 e. The molecule has 0 aromatic heterocycles. The van der Waals surface area contributed by atoms with Gasteiger partial charge in [-0.3, -0.25) is 14.5 Å². The summed E-state index contributed by atoms with van der Waals surface area (Å²) in [5, 5.41) is 3.04. The molecule has 1 heterocycles. The van der Waals surface area contributed by atoms with Gasteiger partial charge in [-0.15, -0.1) is 0 Å². The van der Waals surface area contributed by atoms with Crippen LogP contribution < -0.4 is 5.32 Å². The molecular formula is C25H33N3O2. The monoisotopic (exact) mass is 407 g/mol. The Hall–Kier alpha value is -2.66. The van der Waals surface area contributed by atoms with Crippen LogP contribution >= 0.6 is 0 Å². The van der Waals surface area contributed by atoms with Crippen molar-refractivity contribution in [2.24, 2.45) is 5.92 Å². The average molecular weight is 408 g/mol. The number of hydrogen-bond donors (Lipinski definition) is 1. The van der Waals surface area contributed by atoms with Gasteiger partial charge in [0.25, 0.3) is 5.91 Å². The lowest BCUT2D eigenvalue weighted by atomic mass is 10.0. The van der Waals surface area contributed by atoms with Crippen molar-refractivity contribution in [1.82, 2.24) is 9.80 Å². The average Bonchev–Trinajstić information content (AvgIpc) is 2.71. The molecule has 3 rings (SSSR count). The number of piperazine rings is 1. The maximum atomic E-state index is 12.8. The molecule has 1 saturated heterocycles. The number of benzene rings is 2. The summed E-state index contributed by atoms with van der Waals surface area (Å²) in [4.78, 5) is 29.3. The lowest BCUT2D eigenvalue weighted by molar-refractivity contribution is -0.117. The number of anilines is 1. The van der Waals surface area contributed by atoms with Crippen LogP contribution in [0.1, 0.15) is 40.9 Å². The second-order valence-corrected chi connectivity index (χ2v) is 8.68. The maximum Gasteiger partial charge on any atom is 0.253 e. The highest BCUT2D eigenvalue weighted by atomic mass is 16.2. The Balaban J connectivity index is 1.49. The summed E-state index contributed by atoms with van der Waals surface area (Å²) in [7, 11) is 0. The first kappa shape index (κ1) is 22.0. The molecule has 2 aromatic rings. The van der Waals surface area contributed by atoms with Gasteiger partial charge in [0.15, 0.2) is 0 Å². The molecule has 160 valence electrons. The molecule has 1 fully saturated rings. The Morgan fingerprint density at radius 2 is 1.53 bits per heavy atom. The van der Waals surface area contributed by atoms with Crippen LogP contribution in [0.4, 0.5) is 5.69 Å². The Bertz CT molecular complexity index is 862. The predicted molar refractivity (Wildman–Crippen MR) is 122 cm³/mol. The van der Waals surface area contributed by atoms with E-state index in [1.54, 1.807) is 0 Å². The zero-order chi connectivity index (χ0) is 21.7. The van der Waals surface area contributed by atoms with Gasteiger partial charge in [-0.05, 0) is 55.0 Å². The number of nitrogens with zero attached hydrogens (tertiary/aromatic N) is 2.